The second-order valence-electron chi connectivity index (χ2n) is 1.71. The van der Waals surface area contributed by atoms with Gasteiger partial charge in [0.05, 0.1) is 0 Å². The number of unbranched alkanes of at least 4 members (excludes halogenated alkanes) is 3. The molecule has 0 saturated carbocycles. The average Bonchev–Trinajstić information content (AvgIpc) is 1.61. The third kappa shape index (κ3) is 10.8. The van der Waals surface area contributed by atoms with E-state index in [9.17, 15) is 0 Å². The van der Waals surface area contributed by atoms with Gasteiger partial charge in [-0.1, -0.05) is 39.5 Å². The zero-order chi connectivity index (χ0) is 4.83. The van der Waals surface area contributed by atoms with Crippen molar-refractivity contribution in [2.24, 2.45) is 0 Å². The van der Waals surface area contributed by atoms with Crippen LogP contribution in [0, 0.1) is 0 Å². The van der Waals surface area contributed by atoms with Gasteiger partial charge in [0.1, 0.15) is 0 Å². The van der Waals surface area contributed by atoms with Gasteiger partial charge in [0, 0.05) is 0 Å². The van der Waals surface area contributed by atoms with Crippen LogP contribution in [0.4, 0.5) is 0 Å². The second kappa shape index (κ2) is 9.88. The molecule has 7 heavy (non-hydrogen) atoms. The van der Waals surface area contributed by atoms with Gasteiger partial charge in [0.2, 0.25) is 0 Å². The molecule has 0 amide bonds. The molecule has 0 heterocycles. The first-order valence-corrected chi connectivity index (χ1v) is 2.91. The smallest absolute Gasteiger partial charge is 0.0536 e. The first kappa shape index (κ1) is 10.7. The van der Waals surface area contributed by atoms with Gasteiger partial charge in [0.15, 0.2) is 0 Å². The Morgan fingerprint density at radius 2 is 1.14 bits per heavy atom. The highest BCUT2D eigenvalue weighted by molar-refractivity contribution is 4.31. The summed E-state index contributed by atoms with van der Waals surface area (Å²) in [7, 11) is 0. The van der Waals surface area contributed by atoms with E-state index in [-0.39, 0.29) is 24.0 Å². The molecule has 0 spiro atoms. The third-order valence-corrected chi connectivity index (χ3v) is 0.957. The number of hydrogen-bond acceptors (Lipinski definition) is 0. The van der Waals surface area contributed by atoms with Gasteiger partial charge in [-0.15, -0.1) is 0 Å². The normalized spacial score (nSPS) is 7.71. The largest absolute Gasteiger partial charge is 1.00 e. The fourth-order valence-corrected chi connectivity index (χ4v) is 0.500. The van der Waals surface area contributed by atoms with E-state index in [2.05, 4.69) is 13.8 Å². The molecule has 0 atom stereocenters. The van der Waals surface area contributed by atoms with E-state index < -0.39 is 0 Å². The zero-order valence-electron chi connectivity index (χ0n) is 5.21. The number of halogens is 1. The summed E-state index contributed by atoms with van der Waals surface area (Å²) >= 11 is 0. The first-order chi connectivity index (χ1) is 2.91. The lowest BCUT2D eigenvalue weighted by atomic mass is 10.2. The van der Waals surface area contributed by atoms with Crippen LogP contribution in [0.5, 0.6) is 0 Å². The Morgan fingerprint density at radius 3 is 1.29 bits per heavy atom. The molecular weight excluding hydrogens is 199 g/mol. The number of rotatable bonds is 3. The lowest BCUT2D eigenvalue weighted by Gasteiger charge is -1.86. The van der Waals surface area contributed by atoms with Crippen LogP contribution in [-0.4, -0.2) is 0 Å². The predicted molar refractivity (Wildman–Crippen MR) is 29.8 cm³/mol. The van der Waals surface area contributed by atoms with Crippen molar-refractivity contribution in [1.82, 2.24) is 0 Å². The highest BCUT2D eigenvalue weighted by atomic mass is 127. The molecular formula is C6H14I-. The summed E-state index contributed by atoms with van der Waals surface area (Å²) in [6.07, 6.45) is 5.54. The van der Waals surface area contributed by atoms with Crippen LogP contribution in [-0.2, 0) is 0 Å². The molecule has 0 bridgehead atoms. The maximum absolute atomic E-state index is 2.23. The Bertz CT molecular complexity index is 16.1. The average molecular weight is 213 g/mol. The first-order valence-electron chi connectivity index (χ1n) is 2.91. The van der Waals surface area contributed by atoms with Crippen LogP contribution in [0.3, 0.4) is 0 Å². The van der Waals surface area contributed by atoms with Crippen LogP contribution >= 0.6 is 0 Å². The van der Waals surface area contributed by atoms with Crippen LogP contribution in [0.25, 0.3) is 0 Å². The van der Waals surface area contributed by atoms with E-state index in [1.165, 1.54) is 25.7 Å². The molecule has 0 fully saturated rings. The monoisotopic (exact) mass is 213 g/mol. The molecule has 0 rings (SSSR count). The van der Waals surface area contributed by atoms with Crippen molar-refractivity contribution in [3.63, 3.8) is 0 Å². The minimum absolute atomic E-state index is 0. The molecule has 0 aromatic carbocycles. The topological polar surface area (TPSA) is 0 Å². The van der Waals surface area contributed by atoms with Gasteiger partial charge in [-0.2, -0.15) is 0 Å². The molecule has 0 radical (unpaired) electrons. The van der Waals surface area contributed by atoms with E-state index in [4.69, 9.17) is 0 Å². The van der Waals surface area contributed by atoms with Crippen LogP contribution in [0.2, 0.25) is 0 Å². The van der Waals surface area contributed by atoms with Crippen molar-refractivity contribution >= 4 is 0 Å². The van der Waals surface area contributed by atoms with Crippen molar-refractivity contribution in [2.45, 2.75) is 39.5 Å². The summed E-state index contributed by atoms with van der Waals surface area (Å²) in [6.45, 7) is 4.46. The molecule has 0 aromatic heterocycles. The van der Waals surface area contributed by atoms with Crippen LogP contribution < -0.4 is 24.0 Å². The van der Waals surface area contributed by atoms with Gasteiger partial charge in [0.25, 0.3) is 0 Å². The summed E-state index contributed by atoms with van der Waals surface area (Å²) in [5.74, 6) is 0. The van der Waals surface area contributed by atoms with E-state index >= 15 is 0 Å². The standard InChI is InChI=1S/C6H14.HI/c1-3-5-6-4-2;/h3-6H2,1-2H3;1H/p-1. The molecule has 0 aromatic rings. The molecule has 0 saturated heterocycles. The SMILES string of the molecule is CCCCCC.[I-]. The van der Waals surface area contributed by atoms with Crippen molar-refractivity contribution in [1.29, 1.82) is 0 Å². The Morgan fingerprint density at radius 1 is 0.857 bits per heavy atom. The zero-order valence-corrected chi connectivity index (χ0v) is 7.36. The summed E-state index contributed by atoms with van der Waals surface area (Å²) in [6, 6.07) is 0. The van der Waals surface area contributed by atoms with Crippen LogP contribution in [0.15, 0.2) is 0 Å². The molecule has 1 heteroatoms. The Hall–Kier alpha value is 0.730. The second-order valence-corrected chi connectivity index (χ2v) is 1.71. The highest BCUT2D eigenvalue weighted by Crippen LogP contribution is 1.95. The lowest BCUT2D eigenvalue weighted by Crippen LogP contribution is -3.00. The van der Waals surface area contributed by atoms with Gasteiger partial charge in [-0.05, 0) is 0 Å². The van der Waals surface area contributed by atoms with Crippen molar-refractivity contribution in [2.75, 3.05) is 0 Å². The molecule has 0 aliphatic carbocycles. The van der Waals surface area contributed by atoms with Crippen molar-refractivity contribution in [3.8, 4) is 0 Å². The molecule has 0 aliphatic rings. The Kier molecular flexibility index (Phi) is 15.0. The minimum atomic E-state index is 0. The van der Waals surface area contributed by atoms with E-state index in [0.29, 0.717) is 0 Å². The molecule has 0 unspecified atom stereocenters. The quantitative estimate of drug-likeness (QED) is 0.441. The fourth-order valence-electron chi connectivity index (χ4n) is 0.500. The maximum Gasteiger partial charge on any atom is -0.0536 e. The van der Waals surface area contributed by atoms with Crippen molar-refractivity contribution in [3.05, 3.63) is 0 Å². The summed E-state index contributed by atoms with van der Waals surface area (Å²) in [5, 5.41) is 0. The van der Waals surface area contributed by atoms with Gasteiger partial charge < -0.3 is 24.0 Å². The van der Waals surface area contributed by atoms with Crippen LogP contribution in [0.1, 0.15) is 39.5 Å². The minimum Gasteiger partial charge on any atom is -1.00 e. The van der Waals surface area contributed by atoms with Gasteiger partial charge in [-0.3, -0.25) is 0 Å². The van der Waals surface area contributed by atoms with Gasteiger partial charge >= 0.3 is 0 Å². The molecule has 0 nitrogen and oxygen atoms in total. The summed E-state index contributed by atoms with van der Waals surface area (Å²) in [5.41, 5.74) is 0. The number of hydrogen-bond donors (Lipinski definition) is 0. The van der Waals surface area contributed by atoms with E-state index in [1.807, 2.05) is 0 Å². The maximum atomic E-state index is 2.23. The van der Waals surface area contributed by atoms with E-state index in [0.717, 1.165) is 0 Å². The molecule has 0 aliphatic heterocycles. The van der Waals surface area contributed by atoms with Crippen molar-refractivity contribution < 1.29 is 24.0 Å². The predicted octanol–water partition coefficient (Wildman–Crippen LogP) is -0.409. The van der Waals surface area contributed by atoms with Gasteiger partial charge in [-0.25, -0.2) is 0 Å². The third-order valence-electron chi connectivity index (χ3n) is 0.957. The highest BCUT2D eigenvalue weighted by Gasteiger charge is 1.75. The summed E-state index contributed by atoms with van der Waals surface area (Å²) < 4.78 is 0. The Labute approximate surface area is 63.7 Å². The summed E-state index contributed by atoms with van der Waals surface area (Å²) in [4.78, 5) is 0. The molecule has 46 valence electrons. The lowest BCUT2D eigenvalue weighted by molar-refractivity contribution is -0.00000148. The molecule has 0 N–H and O–H groups in total. The Balaban J connectivity index is 0. The van der Waals surface area contributed by atoms with E-state index in [1.54, 1.807) is 0 Å². The fraction of sp³-hybridized carbons (Fsp3) is 1.00.